The van der Waals surface area contributed by atoms with Crippen LogP contribution >= 0.6 is 23.7 Å². The van der Waals surface area contributed by atoms with E-state index in [0.717, 1.165) is 23.9 Å². The Kier molecular flexibility index (Phi) is 7.89. The zero-order valence-electron chi connectivity index (χ0n) is 16.3. The molecule has 0 aliphatic rings. The zero-order valence-corrected chi connectivity index (χ0v) is 17.9. The summed E-state index contributed by atoms with van der Waals surface area (Å²) in [6.45, 7) is 1.17. The SMILES string of the molecule is COc1cccc(C(=O)N(CCCN(C)C)c2nc3c(F)cc(F)cc3s2)c1.Cl. The van der Waals surface area contributed by atoms with Crippen molar-refractivity contribution in [1.29, 1.82) is 0 Å². The number of benzene rings is 2. The van der Waals surface area contributed by atoms with Crippen molar-refractivity contribution >= 4 is 45.0 Å². The second-order valence-corrected chi connectivity index (χ2v) is 7.59. The Labute approximate surface area is 178 Å². The van der Waals surface area contributed by atoms with Gasteiger partial charge in [-0.05, 0) is 51.3 Å². The average Bonchev–Trinajstić information content (AvgIpc) is 3.08. The van der Waals surface area contributed by atoms with E-state index in [0.29, 0.717) is 34.1 Å². The third-order valence-electron chi connectivity index (χ3n) is 4.18. The second-order valence-electron chi connectivity index (χ2n) is 6.58. The smallest absolute Gasteiger partial charge is 0.260 e. The molecular formula is C20H22ClF2N3O2S. The number of thiazole rings is 1. The molecular weight excluding hydrogens is 420 g/mol. The third-order valence-corrected chi connectivity index (χ3v) is 5.21. The first-order valence-electron chi connectivity index (χ1n) is 8.75. The molecule has 3 rings (SSSR count). The summed E-state index contributed by atoms with van der Waals surface area (Å²) < 4.78 is 33.2. The zero-order chi connectivity index (χ0) is 20.3. The number of methoxy groups -OCH3 is 1. The maximum atomic E-state index is 14.1. The number of rotatable bonds is 7. The van der Waals surface area contributed by atoms with Gasteiger partial charge in [-0.1, -0.05) is 17.4 Å². The summed E-state index contributed by atoms with van der Waals surface area (Å²) in [6.07, 6.45) is 0.704. The molecule has 2 aromatic carbocycles. The molecule has 0 spiro atoms. The average molecular weight is 442 g/mol. The minimum Gasteiger partial charge on any atom is -0.497 e. The maximum absolute atomic E-state index is 14.1. The molecule has 0 radical (unpaired) electrons. The fourth-order valence-electron chi connectivity index (χ4n) is 2.80. The molecule has 1 aromatic heterocycles. The number of halogens is 3. The van der Waals surface area contributed by atoms with E-state index in [1.807, 2.05) is 19.0 Å². The van der Waals surface area contributed by atoms with Crippen LogP contribution in [0, 0.1) is 11.6 Å². The quantitative estimate of drug-likeness (QED) is 0.537. The van der Waals surface area contributed by atoms with Crippen molar-refractivity contribution in [3.8, 4) is 5.75 Å². The summed E-state index contributed by atoms with van der Waals surface area (Å²) in [5.74, 6) is -1.10. The largest absolute Gasteiger partial charge is 0.497 e. The van der Waals surface area contributed by atoms with E-state index < -0.39 is 11.6 Å². The van der Waals surface area contributed by atoms with Crippen molar-refractivity contribution in [3.05, 3.63) is 53.6 Å². The van der Waals surface area contributed by atoms with Gasteiger partial charge in [-0.25, -0.2) is 13.8 Å². The molecule has 0 aliphatic carbocycles. The van der Waals surface area contributed by atoms with E-state index in [4.69, 9.17) is 4.74 Å². The van der Waals surface area contributed by atoms with Crippen molar-refractivity contribution in [2.75, 3.05) is 39.2 Å². The Balaban J connectivity index is 0.00000300. The van der Waals surface area contributed by atoms with Gasteiger partial charge in [0.15, 0.2) is 10.9 Å². The lowest BCUT2D eigenvalue weighted by Crippen LogP contribution is -2.33. The Morgan fingerprint density at radius 2 is 1.93 bits per heavy atom. The van der Waals surface area contributed by atoms with Gasteiger partial charge in [0.05, 0.1) is 11.8 Å². The van der Waals surface area contributed by atoms with Gasteiger partial charge in [0.25, 0.3) is 5.91 Å². The van der Waals surface area contributed by atoms with Gasteiger partial charge >= 0.3 is 0 Å². The van der Waals surface area contributed by atoms with E-state index in [1.165, 1.54) is 18.1 Å². The van der Waals surface area contributed by atoms with Crippen LogP contribution in [0.3, 0.4) is 0 Å². The molecule has 5 nitrogen and oxygen atoms in total. The number of hydrogen-bond donors (Lipinski definition) is 0. The van der Waals surface area contributed by atoms with Gasteiger partial charge in [-0.2, -0.15) is 0 Å². The third kappa shape index (κ3) is 5.41. The first-order valence-corrected chi connectivity index (χ1v) is 9.57. The van der Waals surface area contributed by atoms with E-state index in [1.54, 1.807) is 24.3 Å². The number of hydrogen-bond acceptors (Lipinski definition) is 5. The van der Waals surface area contributed by atoms with Crippen LogP contribution < -0.4 is 9.64 Å². The highest BCUT2D eigenvalue weighted by Crippen LogP contribution is 2.32. The highest BCUT2D eigenvalue weighted by Gasteiger charge is 2.23. The Bertz CT molecular complexity index is 997. The van der Waals surface area contributed by atoms with Gasteiger partial charge in [-0.15, -0.1) is 12.4 Å². The van der Waals surface area contributed by atoms with Crippen LogP contribution in [-0.2, 0) is 0 Å². The Morgan fingerprint density at radius 3 is 2.62 bits per heavy atom. The number of anilines is 1. The molecule has 29 heavy (non-hydrogen) atoms. The fraction of sp³-hybridized carbons (Fsp3) is 0.300. The standard InChI is InChI=1S/C20H21F2N3O2S.ClH/c1-24(2)8-5-9-25(19(26)13-6-4-7-15(10-13)27-3)20-23-18-16(22)11-14(21)12-17(18)28-20;/h4,6-7,10-12H,5,8-9H2,1-3H3;1H. The monoisotopic (exact) mass is 441 g/mol. The molecule has 0 N–H and O–H groups in total. The number of aromatic nitrogens is 1. The van der Waals surface area contributed by atoms with Crippen molar-refractivity contribution in [1.82, 2.24) is 9.88 Å². The molecule has 0 fully saturated rings. The first kappa shape index (κ1) is 23.0. The van der Waals surface area contributed by atoms with E-state index in [2.05, 4.69) is 4.98 Å². The van der Waals surface area contributed by atoms with Gasteiger partial charge in [0.2, 0.25) is 0 Å². The molecule has 1 heterocycles. The van der Waals surface area contributed by atoms with E-state index in [-0.39, 0.29) is 23.8 Å². The molecule has 0 saturated heterocycles. The van der Waals surface area contributed by atoms with Crippen LogP contribution in [0.5, 0.6) is 5.75 Å². The van der Waals surface area contributed by atoms with Crippen molar-refractivity contribution in [3.63, 3.8) is 0 Å². The van der Waals surface area contributed by atoms with Crippen LogP contribution in [0.1, 0.15) is 16.8 Å². The van der Waals surface area contributed by atoms with E-state index in [9.17, 15) is 13.6 Å². The molecule has 0 aliphatic heterocycles. The van der Waals surface area contributed by atoms with Crippen LogP contribution in [0.15, 0.2) is 36.4 Å². The summed E-state index contributed by atoms with van der Waals surface area (Å²) in [4.78, 5) is 21.0. The molecule has 156 valence electrons. The van der Waals surface area contributed by atoms with E-state index >= 15 is 0 Å². The van der Waals surface area contributed by atoms with Crippen LogP contribution in [0.2, 0.25) is 0 Å². The summed E-state index contributed by atoms with van der Waals surface area (Å²) >= 11 is 1.09. The second kappa shape index (κ2) is 9.96. The lowest BCUT2D eigenvalue weighted by atomic mass is 10.2. The summed E-state index contributed by atoms with van der Waals surface area (Å²) in [6, 6.07) is 8.85. The highest BCUT2D eigenvalue weighted by molar-refractivity contribution is 7.22. The molecule has 0 bridgehead atoms. The normalized spacial score (nSPS) is 10.8. The van der Waals surface area contributed by atoms with Crippen LogP contribution in [0.4, 0.5) is 13.9 Å². The molecule has 0 atom stereocenters. The van der Waals surface area contributed by atoms with Crippen molar-refractivity contribution in [2.45, 2.75) is 6.42 Å². The number of carbonyl (C=O) groups is 1. The fourth-order valence-corrected chi connectivity index (χ4v) is 3.83. The predicted octanol–water partition coefficient (Wildman–Crippen LogP) is 4.60. The molecule has 1 amide bonds. The first-order chi connectivity index (χ1) is 13.4. The number of ether oxygens (including phenoxy) is 1. The van der Waals surface area contributed by atoms with Crippen molar-refractivity contribution < 1.29 is 18.3 Å². The molecule has 0 unspecified atom stereocenters. The molecule has 3 aromatic rings. The summed E-state index contributed by atoms with van der Waals surface area (Å²) in [5.41, 5.74) is 0.507. The molecule has 0 saturated carbocycles. The maximum Gasteiger partial charge on any atom is 0.260 e. The number of fused-ring (bicyclic) bond motifs is 1. The highest BCUT2D eigenvalue weighted by atomic mass is 35.5. The van der Waals surface area contributed by atoms with Crippen LogP contribution in [0.25, 0.3) is 10.2 Å². The predicted molar refractivity (Wildman–Crippen MR) is 115 cm³/mol. The van der Waals surface area contributed by atoms with Crippen molar-refractivity contribution in [2.24, 2.45) is 0 Å². The van der Waals surface area contributed by atoms with Gasteiger partial charge < -0.3 is 9.64 Å². The van der Waals surface area contributed by atoms with Gasteiger partial charge in [-0.3, -0.25) is 9.69 Å². The van der Waals surface area contributed by atoms with Crippen LogP contribution in [-0.4, -0.2) is 50.1 Å². The lowest BCUT2D eigenvalue weighted by molar-refractivity contribution is 0.0985. The number of nitrogens with zero attached hydrogens (tertiary/aromatic N) is 3. The Hall–Kier alpha value is -2.29. The van der Waals surface area contributed by atoms with Gasteiger partial charge in [0.1, 0.15) is 17.1 Å². The molecule has 9 heteroatoms. The number of carbonyl (C=O) groups excluding carboxylic acids is 1. The topological polar surface area (TPSA) is 45.7 Å². The number of amides is 1. The Morgan fingerprint density at radius 1 is 1.17 bits per heavy atom. The minimum atomic E-state index is -0.737. The summed E-state index contributed by atoms with van der Waals surface area (Å²) in [7, 11) is 5.43. The minimum absolute atomic E-state index is 0. The van der Waals surface area contributed by atoms with Gasteiger partial charge in [0, 0.05) is 18.2 Å². The summed E-state index contributed by atoms with van der Waals surface area (Å²) in [5, 5.41) is 0.339. The lowest BCUT2D eigenvalue weighted by Gasteiger charge is -2.21.